The normalized spacial score (nSPS) is 17.0. The second-order valence-corrected chi connectivity index (χ2v) is 3.91. The van der Waals surface area contributed by atoms with Crippen molar-refractivity contribution in [3.8, 4) is 0 Å². The number of ether oxygens (including phenoxy) is 1. The first-order chi connectivity index (χ1) is 7.08. The molecule has 1 fully saturated rings. The van der Waals surface area contributed by atoms with E-state index in [-0.39, 0.29) is 13.0 Å². The molecule has 0 aromatic rings. The third kappa shape index (κ3) is 8.69. The Kier molecular flexibility index (Phi) is 5.39. The van der Waals surface area contributed by atoms with E-state index in [0.29, 0.717) is 12.6 Å². The number of hydrogen-bond donors (Lipinski definition) is 1. The highest BCUT2D eigenvalue weighted by Crippen LogP contribution is 2.21. The molecule has 0 radical (unpaired) electrons. The van der Waals surface area contributed by atoms with Gasteiger partial charge in [0.05, 0.1) is 0 Å². The number of alkyl halides is 3. The van der Waals surface area contributed by atoms with Gasteiger partial charge in [-0.15, -0.1) is 0 Å². The van der Waals surface area contributed by atoms with Crippen LogP contribution in [0.4, 0.5) is 13.2 Å². The topological polar surface area (TPSA) is 21.3 Å². The minimum Gasteiger partial charge on any atom is -0.381 e. The van der Waals surface area contributed by atoms with E-state index in [1.54, 1.807) is 0 Å². The average molecular weight is 225 g/mol. The molecule has 0 amide bonds. The van der Waals surface area contributed by atoms with Crippen LogP contribution in [0.3, 0.4) is 0 Å². The molecule has 0 unspecified atom stereocenters. The first-order valence-corrected chi connectivity index (χ1v) is 5.46. The van der Waals surface area contributed by atoms with Gasteiger partial charge in [-0.3, -0.25) is 0 Å². The summed E-state index contributed by atoms with van der Waals surface area (Å²) in [5.74, 6) is 0. The number of hydrogen-bond acceptors (Lipinski definition) is 2. The van der Waals surface area contributed by atoms with E-state index < -0.39 is 12.6 Å². The molecule has 0 aliphatic heterocycles. The number of halogens is 3. The van der Waals surface area contributed by atoms with Crippen molar-refractivity contribution < 1.29 is 17.9 Å². The predicted molar refractivity (Wildman–Crippen MR) is 51.7 cm³/mol. The van der Waals surface area contributed by atoms with Crippen LogP contribution in [0.15, 0.2) is 0 Å². The van der Waals surface area contributed by atoms with Gasteiger partial charge in [0.2, 0.25) is 0 Å². The smallest absolute Gasteiger partial charge is 0.381 e. The molecule has 0 aromatic carbocycles. The summed E-state index contributed by atoms with van der Waals surface area (Å²) in [5.41, 5.74) is 0. The van der Waals surface area contributed by atoms with Gasteiger partial charge in [0.25, 0.3) is 0 Å². The molecule has 1 aliphatic carbocycles. The van der Waals surface area contributed by atoms with Crippen molar-refractivity contribution in [3.05, 3.63) is 0 Å². The van der Waals surface area contributed by atoms with Crippen molar-refractivity contribution >= 4 is 0 Å². The van der Waals surface area contributed by atoms with Gasteiger partial charge in [0, 0.05) is 25.7 Å². The summed E-state index contributed by atoms with van der Waals surface area (Å²) in [7, 11) is 0. The van der Waals surface area contributed by atoms with Crippen LogP contribution >= 0.6 is 0 Å². The first kappa shape index (κ1) is 12.8. The fourth-order valence-corrected chi connectivity index (χ4v) is 1.24. The van der Waals surface area contributed by atoms with E-state index in [1.165, 1.54) is 12.8 Å². The maximum Gasteiger partial charge on any atom is 0.389 e. The molecule has 1 rings (SSSR count). The minimum atomic E-state index is -4.04. The largest absolute Gasteiger partial charge is 0.389 e. The highest BCUT2D eigenvalue weighted by Gasteiger charge is 2.25. The van der Waals surface area contributed by atoms with Gasteiger partial charge >= 0.3 is 6.18 Å². The van der Waals surface area contributed by atoms with Crippen molar-refractivity contribution in [3.63, 3.8) is 0 Å². The lowest BCUT2D eigenvalue weighted by Crippen LogP contribution is -2.19. The predicted octanol–water partition coefficient (Wildman–Crippen LogP) is 2.49. The van der Waals surface area contributed by atoms with Crippen LogP contribution in [-0.4, -0.2) is 32.0 Å². The van der Waals surface area contributed by atoms with Crippen molar-refractivity contribution in [2.75, 3.05) is 19.8 Å². The molecule has 0 aromatic heterocycles. The van der Waals surface area contributed by atoms with Crippen molar-refractivity contribution in [2.24, 2.45) is 0 Å². The van der Waals surface area contributed by atoms with Crippen LogP contribution in [0.25, 0.3) is 0 Å². The van der Waals surface area contributed by atoms with E-state index in [0.717, 1.165) is 13.0 Å². The Morgan fingerprint density at radius 2 is 1.80 bits per heavy atom. The fourth-order valence-electron chi connectivity index (χ4n) is 1.24. The molecule has 0 saturated heterocycles. The second kappa shape index (κ2) is 6.33. The standard InChI is InChI=1S/C10H18F3NO/c11-10(12,13)5-1-7-15-8-2-6-14-9-3-4-9/h9,14H,1-8H2. The van der Waals surface area contributed by atoms with Crippen LogP contribution in [-0.2, 0) is 4.74 Å². The molecule has 1 saturated carbocycles. The summed E-state index contributed by atoms with van der Waals surface area (Å²) in [5, 5.41) is 3.31. The zero-order valence-electron chi connectivity index (χ0n) is 8.78. The Morgan fingerprint density at radius 1 is 1.13 bits per heavy atom. The monoisotopic (exact) mass is 225 g/mol. The molecule has 1 aliphatic rings. The summed E-state index contributed by atoms with van der Waals surface area (Å²) in [6, 6.07) is 0.690. The highest BCUT2D eigenvalue weighted by molar-refractivity contribution is 4.80. The summed E-state index contributed by atoms with van der Waals surface area (Å²) in [6.07, 6.45) is -1.33. The number of nitrogens with one attached hydrogen (secondary N) is 1. The van der Waals surface area contributed by atoms with Crippen LogP contribution < -0.4 is 5.32 Å². The molecule has 90 valence electrons. The van der Waals surface area contributed by atoms with E-state index in [9.17, 15) is 13.2 Å². The van der Waals surface area contributed by atoms with Crippen LogP contribution in [0, 0.1) is 0 Å². The summed E-state index contributed by atoms with van der Waals surface area (Å²) in [4.78, 5) is 0. The molecular weight excluding hydrogens is 207 g/mol. The molecule has 0 heterocycles. The van der Waals surface area contributed by atoms with E-state index in [2.05, 4.69) is 5.32 Å². The second-order valence-electron chi connectivity index (χ2n) is 3.91. The van der Waals surface area contributed by atoms with Crippen molar-refractivity contribution in [1.29, 1.82) is 0 Å². The Hall–Kier alpha value is -0.290. The molecule has 15 heavy (non-hydrogen) atoms. The summed E-state index contributed by atoms with van der Waals surface area (Å²) in [6.45, 7) is 1.67. The molecule has 5 heteroatoms. The van der Waals surface area contributed by atoms with E-state index >= 15 is 0 Å². The molecule has 0 spiro atoms. The maximum absolute atomic E-state index is 11.7. The van der Waals surface area contributed by atoms with Gasteiger partial charge in [0.15, 0.2) is 0 Å². The zero-order valence-corrected chi connectivity index (χ0v) is 8.78. The van der Waals surface area contributed by atoms with Gasteiger partial charge in [0.1, 0.15) is 0 Å². The lowest BCUT2D eigenvalue weighted by Gasteiger charge is -2.07. The van der Waals surface area contributed by atoms with E-state index in [4.69, 9.17) is 4.74 Å². The lowest BCUT2D eigenvalue weighted by molar-refractivity contribution is -0.137. The minimum absolute atomic E-state index is 0.0690. The van der Waals surface area contributed by atoms with Gasteiger partial charge in [-0.2, -0.15) is 13.2 Å². The lowest BCUT2D eigenvalue weighted by atomic mass is 10.3. The Balaban J connectivity index is 1.72. The third-order valence-electron chi connectivity index (χ3n) is 2.22. The quantitative estimate of drug-likeness (QED) is 0.641. The first-order valence-electron chi connectivity index (χ1n) is 5.46. The third-order valence-corrected chi connectivity index (χ3v) is 2.22. The van der Waals surface area contributed by atoms with Crippen LogP contribution in [0.2, 0.25) is 0 Å². The summed E-state index contributed by atoms with van der Waals surface area (Å²) < 4.78 is 40.2. The van der Waals surface area contributed by atoms with Crippen molar-refractivity contribution in [2.45, 2.75) is 44.3 Å². The molecule has 2 nitrogen and oxygen atoms in total. The molecular formula is C10H18F3NO. The van der Waals surface area contributed by atoms with E-state index in [1.807, 2.05) is 0 Å². The van der Waals surface area contributed by atoms with Gasteiger partial charge in [-0.1, -0.05) is 0 Å². The average Bonchev–Trinajstić information content (AvgIpc) is 2.91. The van der Waals surface area contributed by atoms with Crippen LogP contribution in [0.5, 0.6) is 0 Å². The maximum atomic E-state index is 11.7. The van der Waals surface area contributed by atoms with Crippen LogP contribution in [0.1, 0.15) is 32.1 Å². The molecule has 0 atom stereocenters. The Bertz CT molecular complexity index is 169. The van der Waals surface area contributed by atoms with Gasteiger partial charge in [-0.25, -0.2) is 0 Å². The van der Waals surface area contributed by atoms with Crippen molar-refractivity contribution in [1.82, 2.24) is 5.32 Å². The van der Waals surface area contributed by atoms with Gasteiger partial charge in [-0.05, 0) is 32.2 Å². The molecule has 1 N–H and O–H groups in total. The highest BCUT2D eigenvalue weighted by atomic mass is 19.4. The Morgan fingerprint density at radius 3 is 2.40 bits per heavy atom. The number of rotatable bonds is 8. The zero-order chi connectivity index (χ0) is 11.1. The molecule has 0 bridgehead atoms. The Labute approximate surface area is 88.2 Å². The summed E-state index contributed by atoms with van der Waals surface area (Å²) >= 11 is 0. The SMILES string of the molecule is FC(F)(F)CCCOCCCNC1CC1. The fraction of sp³-hybridized carbons (Fsp3) is 1.00. The van der Waals surface area contributed by atoms with Gasteiger partial charge < -0.3 is 10.1 Å².